The highest BCUT2D eigenvalue weighted by Crippen LogP contribution is 2.27. The summed E-state index contributed by atoms with van der Waals surface area (Å²) in [6.45, 7) is 1.53. The molecule has 1 aliphatic rings. The number of halogens is 1. The van der Waals surface area contributed by atoms with Crippen molar-refractivity contribution in [3.8, 4) is 0 Å². The Morgan fingerprint density at radius 2 is 2.24 bits per heavy atom. The van der Waals surface area contributed by atoms with Gasteiger partial charge in [0.2, 0.25) is 5.91 Å². The number of aliphatic hydroxyl groups excluding tert-OH is 1. The molecule has 0 spiro atoms. The van der Waals surface area contributed by atoms with Crippen LogP contribution in [0.4, 0.5) is 15.8 Å². The molecule has 21 heavy (non-hydrogen) atoms. The van der Waals surface area contributed by atoms with Crippen LogP contribution in [0.1, 0.15) is 19.3 Å². The van der Waals surface area contributed by atoms with E-state index in [4.69, 9.17) is 5.73 Å². The van der Waals surface area contributed by atoms with E-state index in [2.05, 4.69) is 10.2 Å². The molecule has 0 unspecified atom stereocenters. The van der Waals surface area contributed by atoms with E-state index in [0.29, 0.717) is 24.6 Å². The molecule has 1 aliphatic carbocycles. The number of hydrogen-bond acceptors (Lipinski definition) is 4. The quantitative estimate of drug-likeness (QED) is 0.694. The van der Waals surface area contributed by atoms with Crippen LogP contribution >= 0.6 is 0 Å². The third kappa shape index (κ3) is 4.68. The predicted octanol–water partition coefficient (Wildman–Crippen LogP) is 1.44. The van der Waals surface area contributed by atoms with Crippen molar-refractivity contribution in [3.63, 3.8) is 0 Å². The van der Waals surface area contributed by atoms with E-state index < -0.39 is 5.82 Å². The number of carbonyl (C=O) groups is 1. The van der Waals surface area contributed by atoms with Crippen molar-refractivity contribution < 1.29 is 14.3 Å². The van der Waals surface area contributed by atoms with Gasteiger partial charge in [-0.15, -0.1) is 0 Å². The van der Waals surface area contributed by atoms with Crippen molar-refractivity contribution in [1.29, 1.82) is 0 Å². The van der Waals surface area contributed by atoms with Gasteiger partial charge in [0.25, 0.3) is 0 Å². The molecule has 2 rings (SSSR count). The lowest BCUT2D eigenvalue weighted by molar-refractivity contribution is -0.116. The smallest absolute Gasteiger partial charge is 0.225 e. The summed E-state index contributed by atoms with van der Waals surface area (Å²) in [5, 5.41) is 11.9. The summed E-state index contributed by atoms with van der Waals surface area (Å²) < 4.78 is 12.9. The van der Waals surface area contributed by atoms with Crippen molar-refractivity contribution >= 4 is 17.3 Å². The Bertz CT molecular complexity index is 504. The summed E-state index contributed by atoms with van der Waals surface area (Å²) in [6, 6.07) is 3.91. The largest absolute Gasteiger partial charge is 0.397 e. The zero-order valence-corrected chi connectivity index (χ0v) is 12.2. The number of carbonyl (C=O) groups excluding carboxylic acids is 1. The lowest BCUT2D eigenvalue weighted by Gasteiger charge is -2.34. The third-order valence-corrected chi connectivity index (χ3v) is 3.79. The monoisotopic (exact) mass is 295 g/mol. The first-order valence-electron chi connectivity index (χ1n) is 7.15. The molecule has 1 aromatic rings. The number of amides is 1. The molecule has 0 atom stereocenters. The lowest BCUT2D eigenvalue weighted by Crippen LogP contribution is -2.38. The summed E-state index contributed by atoms with van der Waals surface area (Å²) in [7, 11) is 1.96. The molecule has 4 N–H and O–H groups in total. The highest BCUT2D eigenvalue weighted by molar-refractivity contribution is 5.93. The van der Waals surface area contributed by atoms with Crippen LogP contribution in [-0.2, 0) is 4.79 Å². The molecule has 0 bridgehead atoms. The van der Waals surface area contributed by atoms with Crippen LogP contribution in [0, 0.1) is 11.7 Å². The lowest BCUT2D eigenvalue weighted by atomic mass is 9.82. The Hall–Kier alpha value is -1.66. The maximum atomic E-state index is 12.9. The second kappa shape index (κ2) is 6.87. The van der Waals surface area contributed by atoms with Gasteiger partial charge in [0.1, 0.15) is 5.82 Å². The van der Waals surface area contributed by atoms with E-state index in [-0.39, 0.29) is 17.7 Å². The number of nitrogens with zero attached hydrogens (tertiary/aromatic N) is 1. The van der Waals surface area contributed by atoms with Crippen LogP contribution in [0.15, 0.2) is 18.2 Å². The number of rotatable bonds is 6. The number of benzene rings is 1. The molecule has 5 nitrogen and oxygen atoms in total. The Balaban J connectivity index is 1.71. The van der Waals surface area contributed by atoms with Crippen molar-refractivity contribution in [3.05, 3.63) is 24.0 Å². The van der Waals surface area contributed by atoms with Crippen molar-refractivity contribution in [2.45, 2.75) is 25.4 Å². The van der Waals surface area contributed by atoms with Gasteiger partial charge < -0.3 is 21.1 Å². The van der Waals surface area contributed by atoms with Gasteiger partial charge in [-0.2, -0.15) is 0 Å². The average Bonchev–Trinajstić information content (AvgIpc) is 2.38. The van der Waals surface area contributed by atoms with E-state index in [9.17, 15) is 14.3 Å². The SMILES string of the molecule is CN(CCC(=O)Nc1ccc(F)cc1N)CC1CC(O)C1. The van der Waals surface area contributed by atoms with Gasteiger partial charge in [-0.3, -0.25) is 4.79 Å². The Labute approximate surface area is 123 Å². The van der Waals surface area contributed by atoms with Crippen LogP contribution in [-0.4, -0.2) is 42.2 Å². The summed E-state index contributed by atoms with van der Waals surface area (Å²) in [5.41, 5.74) is 6.30. The molecular weight excluding hydrogens is 273 g/mol. The zero-order valence-electron chi connectivity index (χ0n) is 12.2. The zero-order chi connectivity index (χ0) is 15.4. The number of nitrogen functional groups attached to an aromatic ring is 1. The van der Waals surface area contributed by atoms with E-state index in [1.807, 2.05) is 7.05 Å². The second-order valence-corrected chi connectivity index (χ2v) is 5.78. The third-order valence-electron chi connectivity index (χ3n) is 3.79. The van der Waals surface area contributed by atoms with Crippen LogP contribution in [0.3, 0.4) is 0 Å². The molecule has 6 heteroatoms. The van der Waals surface area contributed by atoms with Gasteiger partial charge in [-0.25, -0.2) is 4.39 Å². The van der Waals surface area contributed by atoms with Gasteiger partial charge in [0, 0.05) is 19.5 Å². The highest BCUT2D eigenvalue weighted by atomic mass is 19.1. The maximum absolute atomic E-state index is 12.9. The fourth-order valence-electron chi connectivity index (χ4n) is 2.53. The molecule has 0 aromatic heterocycles. The van der Waals surface area contributed by atoms with Gasteiger partial charge in [-0.05, 0) is 44.0 Å². The summed E-state index contributed by atoms with van der Waals surface area (Å²) in [4.78, 5) is 13.9. The number of nitrogens with one attached hydrogen (secondary N) is 1. The summed E-state index contributed by atoms with van der Waals surface area (Å²) in [5.74, 6) is -0.0393. The second-order valence-electron chi connectivity index (χ2n) is 5.78. The van der Waals surface area contributed by atoms with Gasteiger partial charge in [0.05, 0.1) is 17.5 Å². The maximum Gasteiger partial charge on any atom is 0.225 e. The number of anilines is 2. The van der Waals surface area contributed by atoms with Crippen LogP contribution in [0.5, 0.6) is 0 Å². The number of aliphatic hydroxyl groups is 1. The topological polar surface area (TPSA) is 78.6 Å². The van der Waals surface area contributed by atoms with Gasteiger partial charge >= 0.3 is 0 Å². The van der Waals surface area contributed by atoms with Crippen molar-refractivity contribution in [2.75, 3.05) is 31.2 Å². The minimum atomic E-state index is -0.423. The average molecular weight is 295 g/mol. The van der Waals surface area contributed by atoms with E-state index >= 15 is 0 Å². The summed E-state index contributed by atoms with van der Waals surface area (Å²) >= 11 is 0. The number of nitrogens with two attached hydrogens (primary N) is 1. The Kier molecular flexibility index (Phi) is 5.14. The van der Waals surface area contributed by atoms with Crippen LogP contribution in [0.25, 0.3) is 0 Å². The standard InChI is InChI=1S/C15H22FN3O2/c1-19(9-10-6-12(20)7-10)5-4-15(21)18-14-3-2-11(16)8-13(14)17/h2-3,8,10,12,20H,4-7,9,17H2,1H3,(H,18,21). The van der Waals surface area contributed by atoms with Crippen LogP contribution in [0.2, 0.25) is 0 Å². The van der Waals surface area contributed by atoms with E-state index in [0.717, 1.165) is 19.4 Å². The van der Waals surface area contributed by atoms with E-state index in [1.54, 1.807) is 0 Å². The highest BCUT2D eigenvalue weighted by Gasteiger charge is 2.27. The van der Waals surface area contributed by atoms with Gasteiger partial charge in [-0.1, -0.05) is 0 Å². The Morgan fingerprint density at radius 1 is 1.52 bits per heavy atom. The molecule has 0 heterocycles. The minimum absolute atomic E-state index is 0.145. The molecule has 0 saturated heterocycles. The Morgan fingerprint density at radius 3 is 2.86 bits per heavy atom. The van der Waals surface area contributed by atoms with E-state index in [1.165, 1.54) is 18.2 Å². The fraction of sp³-hybridized carbons (Fsp3) is 0.533. The molecule has 0 aliphatic heterocycles. The molecule has 1 amide bonds. The molecule has 116 valence electrons. The molecule has 1 fully saturated rings. The predicted molar refractivity (Wildman–Crippen MR) is 80.3 cm³/mol. The normalized spacial score (nSPS) is 21.1. The van der Waals surface area contributed by atoms with Crippen LogP contribution < -0.4 is 11.1 Å². The molecular formula is C15H22FN3O2. The minimum Gasteiger partial charge on any atom is -0.397 e. The molecule has 0 radical (unpaired) electrons. The summed E-state index contributed by atoms with van der Waals surface area (Å²) in [6.07, 6.45) is 1.90. The van der Waals surface area contributed by atoms with Gasteiger partial charge in [0.15, 0.2) is 0 Å². The first-order valence-corrected chi connectivity index (χ1v) is 7.15. The van der Waals surface area contributed by atoms with Crippen molar-refractivity contribution in [1.82, 2.24) is 4.90 Å². The number of hydrogen-bond donors (Lipinski definition) is 3. The molecule has 1 aromatic carbocycles. The molecule has 1 saturated carbocycles. The first kappa shape index (κ1) is 15.7. The first-order chi connectivity index (χ1) is 9.94. The van der Waals surface area contributed by atoms with Crippen molar-refractivity contribution in [2.24, 2.45) is 5.92 Å². The fourth-order valence-corrected chi connectivity index (χ4v) is 2.53.